The second-order valence-corrected chi connectivity index (χ2v) is 5.59. The van der Waals surface area contributed by atoms with Gasteiger partial charge < -0.3 is 10.1 Å². The number of hydrogen-bond acceptors (Lipinski definition) is 6. The second-order valence-electron chi connectivity index (χ2n) is 5.59. The van der Waals surface area contributed by atoms with Gasteiger partial charge in [0.25, 0.3) is 11.8 Å². The number of aromatic nitrogens is 3. The Morgan fingerprint density at radius 2 is 2.04 bits per heavy atom. The molecular formula is C17H18N4O3. The third-order valence-corrected chi connectivity index (χ3v) is 3.57. The summed E-state index contributed by atoms with van der Waals surface area (Å²) in [4.78, 5) is 17.0. The van der Waals surface area contributed by atoms with Crippen molar-refractivity contribution in [3.05, 3.63) is 46.8 Å². The molecule has 2 heterocycles. The van der Waals surface area contributed by atoms with Gasteiger partial charge in [-0.2, -0.15) is 0 Å². The van der Waals surface area contributed by atoms with Crippen LogP contribution in [0.5, 0.6) is 5.88 Å². The first-order valence-corrected chi connectivity index (χ1v) is 7.63. The van der Waals surface area contributed by atoms with Crippen LogP contribution in [0.3, 0.4) is 0 Å². The predicted molar refractivity (Wildman–Crippen MR) is 88.1 cm³/mol. The van der Waals surface area contributed by atoms with Gasteiger partial charge >= 0.3 is 0 Å². The van der Waals surface area contributed by atoms with E-state index in [1.807, 2.05) is 32.0 Å². The summed E-state index contributed by atoms with van der Waals surface area (Å²) >= 11 is 0. The van der Waals surface area contributed by atoms with Gasteiger partial charge in [0.2, 0.25) is 0 Å². The first kappa shape index (κ1) is 15.9. The van der Waals surface area contributed by atoms with Crippen molar-refractivity contribution in [2.75, 3.05) is 13.2 Å². The maximum atomic E-state index is 12.5. The zero-order valence-electron chi connectivity index (χ0n) is 13.8. The van der Waals surface area contributed by atoms with E-state index in [9.17, 15) is 4.79 Å². The highest BCUT2D eigenvalue weighted by molar-refractivity contribution is 6.06. The van der Waals surface area contributed by atoms with E-state index in [2.05, 4.69) is 25.2 Å². The topological polar surface area (TPSA) is 90.1 Å². The van der Waals surface area contributed by atoms with Gasteiger partial charge in [-0.3, -0.25) is 9.78 Å². The summed E-state index contributed by atoms with van der Waals surface area (Å²) in [6.45, 7) is 6.23. The third-order valence-electron chi connectivity index (χ3n) is 3.57. The number of carbonyl (C=O) groups excluding carboxylic acids is 1. The Hall–Kier alpha value is -2.96. The number of nitrogens with one attached hydrogen (secondary N) is 1. The van der Waals surface area contributed by atoms with Crippen LogP contribution in [-0.4, -0.2) is 34.4 Å². The largest absolute Gasteiger partial charge is 0.472 e. The molecule has 7 nitrogen and oxygen atoms in total. The SMILES string of the molecule is Cc1ccc2nc(C)cc(C(=O)NCCOc3nonc3C)c2c1. The van der Waals surface area contributed by atoms with Crippen LogP contribution in [0, 0.1) is 20.8 Å². The number of ether oxygens (including phenoxy) is 1. The number of pyridine rings is 1. The lowest BCUT2D eigenvalue weighted by atomic mass is 10.0. The molecule has 0 fully saturated rings. The van der Waals surface area contributed by atoms with Crippen LogP contribution in [0.25, 0.3) is 10.9 Å². The summed E-state index contributed by atoms with van der Waals surface area (Å²) in [5.41, 5.74) is 3.89. The minimum atomic E-state index is -0.158. The molecule has 2 aromatic heterocycles. The molecule has 1 amide bonds. The highest BCUT2D eigenvalue weighted by Crippen LogP contribution is 2.20. The fraction of sp³-hybridized carbons (Fsp3) is 0.294. The van der Waals surface area contributed by atoms with E-state index in [0.29, 0.717) is 23.7 Å². The smallest absolute Gasteiger partial charge is 0.278 e. The number of carbonyl (C=O) groups is 1. The molecule has 3 rings (SSSR count). The second kappa shape index (κ2) is 6.66. The number of rotatable bonds is 5. The van der Waals surface area contributed by atoms with Crippen molar-refractivity contribution in [1.82, 2.24) is 20.6 Å². The zero-order chi connectivity index (χ0) is 17.1. The van der Waals surface area contributed by atoms with Crippen LogP contribution in [-0.2, 0) is 0 Å². The van der Waals surface area contributed by atoms with E-state index >= 15 is 0 Å². The van der Waals surface area contributed by atoms with Gasteiger partial charge in [0, 0.05) is 11.1 Å². The maximum absolute atomic E-state index is 12.5. The minimum absolute atomic E-state index is 0.158. The van der Waals surface area contributed by atoms with E-state index < -0.39 is 0 Å². The molecular weight excluding hydrogens is 308 g/mol. The van der Waals surface area contributed by atoms with Crippen LogP contribution in [0.15, 0.2) is 28.9 Å². The van der Waals surface area contributed by atoms with Crippen LogP contribution >= 0.6 is 0 Å². The zero-order valence-corrected chi connectivity index (χ0v) is 13.8. The number of amides is 1. The van der Waals surface area contributed by atoms with Gasteiger partial charge in [0.1, 0.15) is 12.3 Å². The Balaban J connectivity index is 1.69. The average Bonchev–Trinajstić information content (AvgIpc) is 2.96. The van der Waals surface area contributed by atoms with Crippen LogP contribution in [0.4, 0.5) is 0 Å². The normalized spacial score (nSPS) is 10.8. The van der Waals surface area contributed by atoms with Gasteiger partial charge in [0.05, 0.1) is 17.6 Å². The predicted octanol–water partition coefficient (Wildman–Crippen LogP) is 2.35. The highest BCUT2D eigenvalue weighted by atomic mass is 16.6. The van der Waals surface area contributed by atoms with Crippen molar-refractivity contribution in [2.45, 2.75) is 20.8 Å². The van der Waals surface area contributed by atoms with Crippen molar-refractivity contribution < 1.29 is 14.2 Å². The van der Waals surface area contributed by atoms with Gasteiger partial charge in [0.15, 0.2) is 0 Å². The first-order chi connectivity index (χ1) is 11.5. The van der Waals surface area contributed by atoms with Crippen molar-refractivity contribution in [3.8, 4) is 5.88 Å². The quantitative estimate of drug-likeness (QED) is 0.724. The number of fused-ring (bicyclic) bond motifs is 1. The molecule has 0 radical (unpaired) electrons. The maximum Gasteiger partial charge on any atom is 0.278 e. The lowest BCUT2D eigenvalue weighted by Gasteiger charge is -2.10. The van der Waals surface area contributed by atoms with E-state index in [4.69, 9.17) is 4.74 Å². The average molecular weight is 326 g/mol. The molecule has 24 heavy (non-hydrogen) atoms. The first-order valence-electron chi connectivity index (χ1n) is 7.63. The fourth-order valence-electron chi connectivity index (χ4n) is 2.42. The molecule has 0 atom stereocenters. The van der Waals surface area contributed by atoms with Gasteiger partial charge in [-0.1, -0.05) is 16.8 Å². The molecule has 7 heteroatoms. The molecule has 124 valence electrons. The van der Waals surface area contributed by atoms with Crippen LogP contribution in [0.2, 0.25) is 0 Å². The van der Waals surface area contributed by atoms with Gasteiger partial charge in [-0.25, -0.2) is 4.63 Å². The molecule has 0 unspecified atom stereocenters. The lowest BCUT2D eigenvalue weighted by Crippen LogP contribution is -2.28. The molecule has 3 aromatic rings. The standard InChI is InChI=1S/C17H18N4O3/c1-10-4-5-15-13(8-10)14(9-11(2)19-15)16(22)18-6-7-23-17-12(3)20-24-21-17/h4-5,8-9H,6-7H2,1-3H3,(H,18,22). The molecule has 0 bridgehead atoms. The molecule has 0 aliphatic carbocycles. The Bertz CT molecular complexity index is 889. The van der Waals surface area contributed by atoms with Crippen molar-refractivity contribution in [2.24, 2.45) is 0 Å². The highest BCUT2D eigenvalue weighted by Gasteiger charge is 2.12. The summed E-state index contributed by atoms with van der Waals surface area (Å²) in [6.07, 6.45) is 0. The van der Waals surface area contributed by atoms with Crippen LogP contribution in [0.1, 0.15) is 27.3 Å². The number of nitrogens with zero attached hydrogens (tertiary/aromatic N) is 3. The summed E-state index contributed by atoms with van der Waals surface area (Å²) in [7, 11) is 0. The van der Waals surface area contributed by atoms with E-state index in [1.54, 1.807) is 13.0 Å². The Morgan fingerprint density at radius 3 is 2.79 bits per heavy atom. The molecule has 0 saturated carbocycles. The molecule has 1 N–H and O–H groups in total. The van der Waals surface area contributed by atoms with E-state index in [-0.39, 0.29) is 12.5 Å². The number of benzene rings is 1. The molecule has 0 aliphatic rings. The monoisotopic (exact) mass is 326 g/mol. The summed E-state index contributed by atoms with van der Waals surface area (Å²) < 4.78 is 9.94. The van der Waals surface area contributed by atoms with Gasteiger partial charge in [-0.15, -0.1) is 0 Å². The fourth-order valence-corrected chi connectivity index (χ4v) is 2.42. The third kappa shape index (κ3) is 3.34. The molecule has 0 saturated heterocycles. The lowest BCUT2D eigenvalue weighted by molar-refractivity contribution is 0.0947. The number of hydrogen-bond donors (Lipinski definition) is 1. The van der Waals surface area contributed by atoms with Gasteiger partial charge in [-0.05, 0) is 44.1 Å². The Kier molecular flexibility index (Phi) is 4.41. The summed E-state index contributed by atoms with van der Waals surface area (Å²) in [5, 5.41) is 10.9. The Labute approximate surface area is 139 Å². The van der Waals surface area contributed by atoms with Crippen molar-refractivity contribution in [1.29, 1.82) is 0 Å². The minimum Gasteiger partial charge on any atom is -0.472 e. The van der Waals surface area contributed by atoms with Crippen molar-refractivity contribution >= 4 is 16.8 Å². The molecule has 0 spiro atoms. The molecule has 1 aromatic carbocycles. The van der Waals surface area contributed by atoms with Crippen molar-refractivity contribution in [3.63, 3.8) is 0 Å². The summed E-state index contributed by atoms with van der Waals surface area (Å²) in [5.74, 6) is 0.180. The van der Waals surface area contributed by atoms with Crippen LogP contribution < -0.4 is 10.1 Å². The van der Waals surface area contributed by atoms with E-state index in [1.165, 1.54) is 0 Å². The Morgan fingerprint density at radius 1 is 1.21 bits per heavy atom. The van der Waals surface area contributed by atoms with E-state index in [0.717, 1.165) is 22.2 Å². The summed E-state index contributed by atoms with van der Waals surface area (Å²) in [6, 6.07) is 7.68. The number of aryl methyl sites for hydroxylation is 3. The molecule has 0 aliphatic heterocycles.